The number of hydrogen-bond donors (Lipinski definition) is 1. The van der Waals surface area contributed by atoms with Crippen molar-refractivity contribution in [3.63, 3.8) is 0 Å². The molecule has 0 unspecified atom stereocenters. The van der Waals surface area contributed by atoms with E-state index in [1.165, 1.54) is 0 Å². The third-order valence-corrected chi connectivity index (χ3v) is 1.87. The van der Waals surface area contributed by atoms with E-state index in [-0.39, 0.29) is 0 Å². The lowest BCUT2D eigenvalue weighted by Crippen LogP contribution is -2.34. The van der Waals surface area contributed by atoms with Gasteiger partial charge in [-0.2, -0.15) is 0 Å². The molecule has 2 nitrogen and oxygen atoms in total. The van der Waals surface area contributed by atoms with Gasteiger partial charge in [0.05, 0.1) is 5.84 Å². The van der Waals surface area contributed by atoms with Crippen molar-refractivity contribution in [3.05, 3.63) is 0 Å². The Bertz CT molecular complexity index is 124. The summed E-state index contributed by atoms with van der Waals surface area (Å²) in [5, 5.41) is 7.83. The molecular weight excluding hydrogens is 148 g/mol. The topological polar surface area (TPSA) is 27.1 Å². The Morgan fingerprint density at radius 2 is 1.58 bits per heavy atom. The van der Waals surface area contributed by atoms with E-state index in [2.05, 4.69) is 32.6 Å². The Labute approximate surface area is 76.5 Å². The fraction of sp³-hybridized carbons (Fsp3) is 0.900. The van der Waals surface area contributed by atoms with Crippen molar-refractivity contribution < 1.29 is 0 Å². The van der Waals surface area contributed by atoms with Gasteiger partial charge in [-0.3, -0.25) is 5.41 Å². The third kappa shape index (κ3) is 3.74. The summed E-state index contributed by atoms with van der Waals surface area (Å²) in [6.45, 7) is 10.6. The zero-order valence-electron chi connectivity index (χ0n) is 8.85. The molecule has 0 aliphatic carbocycles. The minimum absolute atomic E-state index is 0.364. The number of nitrogens with one attached hydrogen (secondary N) is 1. The zero-order valence-corrected chi connectivity index (χ0v) is 8.85. The average molecular weight is 170 g/mol. The van der Waals surface area contributed by atoms with Crippen LogP contribution in [0.5, 0.6) is 0 Å². The van der Waals surface area contributed by atoms with Crippen molar-refractivity contribution in [2.75, 3.05) is 13.1 Å². The van der Waals surface area contributed by atoms with Crippen molar-refractivity contribution in [2.45, 2.75) is 40.5 Å². The molecule has 0 aromatic carbocycles. The normalized spacial score (nSPS) is 10.4. The highest BCUT2D eigenvalue weighted by atomic mass is 15.2. The van der Waals surface area contributed by atoms with Gasteiger partial charge < -0.3 is 4.90 Å². The van der Waals surface area contributed by atoms with E-state index in [0.29, 0.717) is 5.92 Å². The molecule has 0 atom stereocenters. The fourth-order valence-electron chi connectivity index (χ4n) is 1.26. The standard InChI is InChI=1S/C10H22N2/c1-5-7-12(8-6-2)10(11)9(3)4/h9,11H,5-8H2,1-4H3. The van der Waals surface area contributed by atoms with Gasteiger partial charge in [0.1, 0.15) is 0 Å². The van der Waals surface area contributed by atoms with E-state index >= 15 is 0 Å². The highest BCUT2D eigenvalue weighted by Gasteiger charge is 2.10. The quantitative estimate of drug-likeness (QED) is 0.498. The lowest BCUT2D eigenvalue weighted by Gasteiger charge is -2.26. The first-order valence-electron chi connectivity index (χ1n) is 4.96. The molecule has 72 valence electrons. The molecule has 0 heterocycles. The van der Waals surface area contributed by atoms with Gasteiger partial charge >= 0.3 is 0 Å². The first-order valence-corrected chi connectivity index (χ1v) is 4.96. The molecule has 0 rings (SSSR count). The summed E-state index contributed by atoms with van der Waals surface area (Å²) in [5.41, 5.74) is 0. The Morgan fingerprint density at radius 3 is 1.83 bits per heavy atom. The van der Waals surface area contributed by atoms with E-state index in [9.17, 15) is 0 Å². The molecule has 0 spiro atoms. The van der Waals surface area contributed by atoms with E-state index in [0.717, 1.165) is 31.8 Å². The van der Waals surface area contributed by atoms with Crippen LogP contribution < -0.4 is 0 Å². The maximum Gasteiger partial charge on any atom is 0.0983 e. The van der Waals surface area contributed by atoms with Crippen LogP contribution in [-0.4, -0.2) is 23.8 Å². The van der Waals surface area contributed by atoms with E-state index < -0.39 is 0 Å². The van der Waals surface area contributed by atoms with Crippen molar-refractivity contribution in [1.29, 1.82) is 5.41 Å². The van der Waals surface area contributed by atoms with Gasteiger partial charge in [0.15, 0.2) is 0 Å². The molecule has 0 aromatic heterocycles. The first kappa shape index (κ1) is 11.5. The Hall–Kier alpha value is -0.530. The van der Waals surface area contributed by atoms with Gasteiger partial charge in [0.2, 0.25) is 0 Å². The maximum absolute atomic E-state index is 7.83. The van der Waals surface area contributed by atoms with Crippen molar-refractivity contribution in [1.82, 2.24) is 4.90 Å². The molecule has 0 saturated carbocycles. The summed E-state index contributed by atoms with van der Waals surface area (Å²) in [7, 11) is 0. The Balaban J connectivity index is 3.99. The van der Waals surface area contributed by atoms with Crippen LogP contribution in [-0.2, 0) is 0 Å². The largest absolute Gasteiger partial charge is 0.360 e. The van der Waals surface area contributed by atoms with Gasteiger partial charge in [-0.1, -0.05) is 27.7 Å². The fourth-order valence-corrected chi connectivity index (χ4v) is 1.26. The summed E-state index contributed by atoms with van der Waals surface area (Å²) in [5.74, 6) is 1.15. The summed E-state index contributed by atoms with van der Waals surface area (Å²) < 4.78 is 0. The van der Waals surface area contributed by atoms with Crippen LogP contribution in [0.25, 0.3) is 0 Å². The molecule has 2 heteroatoms. The molecular formula is C10H22N2. The monoisotopic (exact) mass is 170 g/mol. The summed E-state index contributed by atoms with van der Waals surface area (Å²) >= 11 is 0. The second kappa shape index (κ2) is 6.04. The van der Waals surface area contributed by atoms with E-state index in [1.807, 2.05) is 0 Å². The molecule has 12 heavy (non-hydrogen) atoms. The molecule has 0 bridgehead atoms. The van der Waals surface area contributed by atoms with Gasteiger partial charge in [-0.15, -0.1) is 0 Å². The molecule has 0 saturated heterocycles. The highest BCUT2D eigenvalue weighted by molar-refractivity contribution is 5.80. The molecule has 0 aromatic rings. The van der Waals surface area contributed by atoms with Crippen LogP contribution >= 0.6 is 0 Å². The SMILES string of the molecule is CCCN(CCC)C(=N)C(C)C. The first-order chi connectivity index (χ1) is 5.63. The molecule has 0 aliphatic rings. The maximum atomic E-state index is 7.83. The minimum Gasteiger partial charge on any atom is -0.360 e. The number of nitrogens with zero attached hydrogens (tertiary/aromatic N) is 1. The Morgan fingerprint density at radius 1 is 1.17 bits per heavy atom. The minimum atomic E-state index is 0.364. The molecule has 0 fully saturated rings. The lowest BCUT2D eigenvalue weighted by molar-refractivity contribution is 0.395. The van der Waals surface area contributed by atoms with Gasteiger partial charge in [0.25, 0.3) is 0 Å². The second-order valence-electron chi connectivity index (χ2n) is 3.53. The predicted molar refractivity (Wildman–Crippen MR) is 54.7 cm³/mol. The van der Waals surface area contributed by atoms with Gasteiger partial charge in [0, 0.05) is 19.0 Å². The van der Waals surface area contributed by atoms with Crippen LogP contribution in [0.1, 0.15) is 40.5 Å². The summed E-state index contributed by atoms with van der Waals surface area (Å²) in [4.78, 5) is 2.19. The lowest BCUT2D eigenvalue weighted by atomic mass is 10.1. The van der Waals surface area contributed by atoms with Crippen molar-refractivity contribution in [3.8, 4) is 0 Å². The third-order valence-electron chi connectivity index (χ3n) is 1.87. The average Bonchev–Trinajstić information content (AvgIpc) is 2.03. The molecule has 0 amide bonds. The van der Waals surface area contributed by atoms with E-state index in [1.54, 1.807) is 0 Å². The highest BCUT2D eigenvalue weighted by Crippen LogP contribution is 2.03. The predicted octanol–water partition coefficient (Wildman–Crippen LogP) is 2.74. The van der Waals surface area contributed by atoms with Gasteiger partial charge in [-0.25, -0.2) is 0 Å². The van der Waals surface area contributed by atoms with Crippen LogP contribution in [0.4, 0.5) is 0 Å². The van der Waals surface area contributed by atoms with Crippen LogP contribution in [0, 0.1) is 11.3 Å². The summed E-state index contributed by atoms with van der Waals surface area (Å²) in [6.07, 6.45) is 2.27. The van der Waals surface area contributed by atoms with Gasteiger partial charge in [-0.05, 0) is 12.8 Å². The van der Waals surface area contributed by atoms with Crippen LogP contribution in [0.15, 0.2) is 0 Å². The molecule has 1 N–H and O–H groups in total. The zero-order chi connectivity index (χ0) is 9.56. The molecule has 0 radical (unpaired) electrons. The van der Waals surface area contributed by atoms with Crippen molar-refractivity contribution in [2.24, 2.45) is 5.92 Å². The second-order valence-corrected chi connectivity index (χ2v) is 3.53. The smallest absolute Gasteiger partial charge is 0.0983 e. The summed E-state index contributed by atoms with van der Waals surface area (Å²) in [6, 6.07) is 0. The Kier molecular flexibility index (Phi) is 5.77. The molecule has 0 aliphatic heterocycles. The number of amidine groups is 1. The number of hydrogen-bond acceptors (Lipinski definition) is 1. The van der Waals surface area contributed by atoms with Crippen molar-refractivity contribution >= 4 is 5.84 Å². The number of rotatable bonds is 5. The van der Waals surface area contributed by atoms with Crippen LogP contribution in [0.3, 0.4) is 0 Å². The van der Waals surface area contributed by atoms with Crippen LogP contribution in [0.2, 0.25) is 0 Å². The van der Waals surface area contributed by atoms with E-state index in [4.69, 9.17) is 5.41 Å².